The van der Waals surface area contributed by atoms with Gasteiger partial charge in [0.15, 0.2) is 6.61 Å². The number of aliphatic hydroxyl groups is 1. The molecule has 3 aromatic carbocycles. The largest absolute Gasteiger partial charge is 0.483 e. The summed E-state index contributed by atoms with van der Waals surface area (Å²) in [6.07, 6.45) is 1.23. The van der Waals surface area contributed by atoms with Crippen LogP contribution in [0.5, 0.6) is 5.75 Å². The van der Waals surface area contributed by atoms with Gasteiger partial charge in [-0.25, -0.2) is 5.01 Å². The molecule has 0 unspecified atom stereocenters. The van der Waals surface area contributed by atoms with Crippen LogP contribution in [-0.4, -0.2) is 65.2 Å². The van der Waals surface area contributed by atoms with E-state index in [4.69, 9.17) is 4.74 Å². The first-order chi connectivity index (χ1) is 22.1. The van der Waals surface area contributed by atoms with E-state index >= 15 is 0 Å². The van der Waals surface area contributed by atoms with Crippen LogP contribution in [-0.2, 0) is 27.2 Å². The van der Waals surface area contributed by atoms with E-state index in [0.717, 1.165) is 22.3 Å². The lowest BCUT2D eigenvalue weighted by Crippen LogP contribution is -2.60. The minimum absolute atomic E-state index is 0.0669. The summed E-state index contributed by atoms with van der Waals surface area (Å²) >= 11 is 0. The van der Waals surface area contributed by atoms with Crippen molar-refractivity contribution in [2.45, 2.75) is 84.0 Å². The number of carbonyl (C=O) groups excluding carboxylic acids is 3. The average Bonchev–Trinajstić information content (AvgIpc) is 3.01. The maximum atomic E-state index is 13.8. The van der Waals surface area contributed by atoms with Crippen LogP contribution in [0.25, 0.3) is 0 Å². The summed E-state index contributed by atoms with van der Waals surface area (Å²) in [4.78, 5) is 39.2. The molecule has 0 bridgehead atoms. The van der Waals surface area contributed by atoms with Crippen molar-refractivity contribution >= 4 is 17.7 Å². The number of amides is 3. The standard InChI is InChI=1S/C37H48N4O5/c1-25(2)35(41-20-12-19-33(43)40-41)37(45)38-30(21-28-15-7-5-8-16-28)23-32(42)31(22-29-17-9-6-10-18-29)39-34(44)24-46-36-26(3)13-11-14-27(36)4/h5-11,13-18,25,30-32,35,42H,12,19-24H2,1-4H3,(H,38,45)(H,39,44)(H,40,43)/t30-,31-,32-,35-/m0/s1. The third-order valence-corrected chi connectivity index (χ3v) is 8.37. The molecule has 1 fully saturated rings. The predicted molar refractivity (Wildman–Crippen MR) is 179 cm³/mol. The van der Waals surface area contributed by atoms with Crippen molar-refractivity contribution in [2.24, 2.45) is 5.92 Å². The molecule has 0 radical (unpaired) electrons. The van der Waals surface area contributed by atoms with E-state index in [2.05, 4.69) is 16.1 Å². The van der Waals surface area contributed by atoms with Crippen molar-refractivity contribution in [1.29, 1.82) is 0 Å². The summed E-state index contributed by atoms with van der Waals surface area (Å²) in [6.45, 7) is 8.18. The summed E-state index contributed by atoms with van der Waals surface area (Å²) in [5.41, 5.74) is 6.73. The average molecular weight is 629 g/mol. The maximum absolute atomic E-state index is 13.8. The molecule has 1 heterocycles. The molecule has 0 saturated carbocycles. The lowest BCUT2D eigenvalue weighted by molar-refractivity contribution is -0.138. The van der Waals surface area contributed by atoms with Crippen LogP contribution >= 0.6 is 0 Å². The molecule has 1 saturated heterocycles. The monoisotopic (exact) mass is 628 g/mol. The van der Waals surface area contributed by atoms with Crippen LogP contribution < -0.4 is 20.8 Å². The van der Waals surface area contributed by atoms with Crippen LogP contribution in [0.1, 0.15) is 55.4 Å². The number of nitrogens with one attached hydrogen (secondary N) is 3. The number of benzene rings is 3. The number of hydrazine groups is 1. The molecule has 46 heavy (non-hydrogen) atoms. The fourth-order valence-corrected chi connectivity index (χ4v) is 6.09. The van der Waals surface area contributed by atoms with Crippen LogP contribution in [0, 0.1) is 19.8 Å². The van der Waals surface area contributed by atoms with Gasteiger partial charge >= 0.3 is 0 Å². The van der Waals surface area contributed by atoms with Crippen LogP contribution in [0.15, 0.2) is 78.9 Å². The molecule has 4 rings (SSSR count). The third kappa shape index (κ3) is 10.2. The van der Waals surface area contributed by atoms with Gasteiger partial charge < -0.3 is 20.5 Å². The zero-order chi connectivity index (χ0) is 33.1. The smallest absolute Gasteiger partial charge is 0.258 e. The van der Waals surface area contributed by atoms with Crippen molar-refractivity contribution in [3.8, 4) is 5.75 Å². The fourth-order valence-electron chi connectivity index (χ4n) is 6.09. The van der Waals surface area contributed by atoms with E-state index < -0.39 is 24.2 Å². The zero-order valence-corrected chi connectivity index (χ0v) is 27.4. The lowest BCUT2D eigenvalue weighted by Gasteiger charge is -2.37. The highest BCUT2D eigenvalue weighted by atomic mass is 16.5. The maximum Gasteiger partial charge on any atom is 0.258 e. The normalized spacial score (nSPS) is 16.2. The van der Waals surface area contributed by atoms with E-state index in [0.29, 0.717) is 38.0 Å². The summed E-state index contributed by atoms with van der Waals surface area (Å²) in [5.74, 6) is -0.0410. The second-order valence-electron chi connectivity index (χ2n) is 12.6. The first kappa shape index (κ1) is 34.7. The van der Waals surface area contributed by atoms with Crippen molar-refractivity contribution < 1.29 is 24.2 Å². The highest BCUT2D eigenvalue weighted by molar-refractivity contribution is 5.83. The van der Waals surface area contributed by atoms with E-state index in [1.807, 2.05) is 107 Å². The first-order valence-electron chi connectivity index (χ1n) is 16.2. The molecular formula is C37H48N4O5. The Kier molecular flexibility index (Phi) is 12.7. The number of hydrogen-bond donors (Lipinski definition) is 4. The van der Waals surface area contributed by atoms with E-state index in [-0.39, 0.29) is 36.7 Å². The number of carbonyl (C=O) groups is 3. The number of ether oxygens (including phenoxy) is 1. The second-order valence-corrected chi connectivity index (χ2v) is 12.6. The van der Waals surface area contributed by atoms with Gasteiger partial charge in [0, 0.05) is 19.0 Å². The van der Waals surface area contributed by atoms with E-state index in [9.17, 15) is 19.5 Å². The van der Waals surface area contributed by atoms with Gasteiger partial charge in [0.25, 0.3) is 5.91 Å². The molecule has 3 amide bonds. The fraction of sp³-hybridized carbons (Fsp3) is 0.432. The van der Waals surface area contributed by atoms with Gasteiger partial charge in [0.1, 0.15) is 11.8 Å². The minimum atomic E-state index is -0.981. The van der Waals surface area contributed by atoms with Crippen LogP contribution in [0.2, 0.25) is 0 Å². The Morgan fingerprint density at radius 2 is 1.50 bits per heavy atom. The SMILES string of the molecule is Cc1cccc(C)c1OCC(=O)N[C@@H](Cc1ccccc1)[C@@H](O)C[C@H](Cc1ccccc1)NC(=O)[C@H](C(C)C)N1CCCC(=O)N1. The van der Waals surface area contributed by atoms with Gasteiger partial charge in [0.05, 0.1) is 12.1 Å². The summed E-state index contributed by atoms with van der Waals surface area (Å²) in [7, 11) is 0. The number of aryl methyl sites for hydroxylation is 2. The molecule has 0 aliphatic carbocycles. The highest BCUT2D eigenvalue weighted by Gasteiger charge is 2.34. The van der Waals surface area contributed by atoms with Crippen LogP contribution in [0.4, 0.5) is 0 Å². The summed E-state index contributed by atoms with van der Waals surface area (Å²) in [5, 5.41) is 19.6. The number of rotatable bonds is 15. The molecular weight excluding hydrogens is 580 g/mol. The molecule has 1 aliphatic heterocycles. The number of nitrogens with zero attached hydrogens (tertiary/aromatic N) is 1. The second kappa shape index (κ2) is 16.9. The Balaban J connectivity index is 1.51. The minimum Gasteiger partial charge on any atom is -0.483 e. The Labute approximate surface area is 272 Å². The number of aliphatic hydroxyl groups excluding tert-OH is 1. The zero-order valence-electron chi connectivity index (χ0n) is 27.4. The van der Waals surface area contributed by atoms with Crippen molar-refractivity contribution in [1.82, 2.24) is 21.1 Å². The third-order valence-electron chi connectivity index (χ3n) is 8.37. The highest BCUT2D eigenvalue weighted by Crippen LogP contribution is 2.22. The Bertz CT molecular complexity index is 1410. The van der Waals surface area contributed by atoms with Crippen molar-refractivity contribution in [3.63, 3.8) is 0 Å². The Hall–Kier alpha value is -4.21. The van der Waals surface area contributed by atoms with E-state index in [1.54, 1.807) is 5.01 Å². The van der Waals surface area contributed by atoms with Crippen molar-refractivity contribution in [3.05, 3.63) is 101 Å². The summed E-state index contributed by atoms with van der Waals surface area (Å²) in [6, 6.07) is 23.7. The molecule has 1 aliphatic rings. The van der Waals surface area contributed by atoms with Gasteiger partial charge in [-0.2, -0.15) is 0 Å². The van der Waals surface area contributed by atoms with Gasteiger partial charge in [-0.3, -0.25) is 19.8 Å². The predicted octanol–water partition coefficient (Wildman–Crippen LogP) is 4.04. The van der Waals surface area contributed by atoms with Gasteiger partial charge in [-0.15, -0.1) is 0 Å². The topological polar surface area (TPSA) is 120 Å². The molecule has 0 aromatic heterocycles. The Morgan fingerprint density at radius 3 is 2.09 bits per heavy atom. The van der Waals surface area contributed by atoms with Gasteiger partial charge in [-0.1, -0.05) is 92.7 Å². The Morgan fingerprint density at radius 1 is 0.891 bits per heavy atom. The molecule has 4 atom stereocenters. The molecule has 246 valence electrons. The van der Waals surface area contributed by atoms with Crippen LogP contribution in [0.3, 0.4) is 0 Å². The molecule has 0 spiro atoms. The number of hydrogen-bond acceptors (Lipinski definition) is 6. The van der Waals surface area contributed by atoms with Gasteiger partial charge in [0.2, 0.25) is 11.8 Å². The molecule has 9 heteroatoms. The number of para-hydroxylation sites is 1. The molecule has 4 N–H and O–H groups in total. The quantitative estimate of drug-likeness (QED) is 0.202. The summed E-state index contributed by atoms with van der Waals surface area (Å²) < 4.78 is 5.90. The lowest BCUT2D eigenvalue weighted by atomic mass is 9.93. The first-order valence-corrected chi connectivity index (χ1v) is 16.2. The van der Waals surface area contributed by atoms with Crippen molar-refractivity contribution in [2.75, 3.05) is 13.2 Å². The molecule has 9 nitrogen and oxygen atoms in total. The van der Waals surface area contributed by atoms with E-state index in [1.165, 1.54) is 0 Å². The van der Waals surface area contributed by atoms with Gasteiger partial charge in [-0.05, 0) is 67.7 Å². The molecule has 3 aromatic rings.